The summed E-state index contributed by atoms with van der Waals surface area (Å²) in [6, 6.07) is 24.5. The number of halogens is 2. The highest BCUT2D eigenvalue weighted by atomic mass is 35.5. The number of carbonyl (C=O) groups is 1. The number of thioether (sulfide) groups is 1. The minimum atomic E-state index is -0.304. The van der Waals surface area contributed by atoms with Crippen LogP contribution in [0.1, 0.15) is 21.5 Å². The monoisotopic (exact) mass is 518 g/mol. The molecule has 0 atom stereocenters. The Bertz CT molecular complexity index is 1470. The molecule has 2 heterocycles. The summed E-state index contributed by atoms with van der Waals surface area (Å²) in [6.45, 7) is 0.327. The molecule has 1 N–H and O–H groups in total. The van der Waals surface area contributed by atoms with Crippen LogP contribution in [0, 0.1) is 5.82 Å². The molecule has 0 aliphatic carbocycles. The summed E-state index contributed by atoms with van der Waals surface area (Å²) >= 11 is 7.75. The van der Waals surface area contributed by atoms with Gasteiger partial charge in [-0.2, -0.15) is 0 Å². The maximum absolute atomic E-state index is 13.0. The Morgan fingerprint density at radius 3 is 2.47 bits per heavy atom. The summed E-state index contributed by atoms with van der Waals surface area (Å²) in [7, 11) is 0. The number of hydrogen-bond acceptors (Lipinski definition) is 5. The molecule has 5 rings (SSSR count). The molecule has 180 valence electrons. The summed E-state index contributed by atoms with van der Waals surface area (Å²) in [6.07, 6.45) is 1.59. The molecule has 2 aromatic heterocycles. The van der Waals surface area contributed by atoms with Crippen molar-refractivity contribution >= 4 is 29.3 Å². The fourth-order valence-corrected chi connectivity index (χ4v) is 4.66. The summed E-state index contributed by atoms with van der Waals surface area (Å²) in [4.78, 5) is 12.5. The van der Waals surface area contributed by atoms with E-state index in [9.17, 15) is 9.18 Å². The number of carbonyl (C=O) groups excluding carboxylic acids is 1. The van der Waals surface area contributed by atoms with Crippen molar-refractivity contribution in [2.24, 2.45) is 0 Å². The van der Waals surface area contributed by atoms with E-state index >= 15 is 0 Å². The Morgan fingerprint density at radius 2 is 1.75 bits per heavy atom. The second kappa shape index (κ2) is 10.8. The van der Waals surface area contributed by atoms with Gasteiger partial charge < -0.3 is 9.73 Å². The van der Waals surface area contributed by atoms with Gasteiger partial charge in [0.15, 0.2) is 10.9 Å². The molecule has 9 heteroatoms. The van der Waals surface area contributed by atoms with Gasteiger partial charge in [0.05, 0.1) is 12.0 Å². The van der Waals surface area contributed by atoms with Gasteiger partial charge in [0.2, 0.25) is 5.82 Å². The van der Waals surface area contributed by atoms with Gasteiger partial charge in [-0.1, -0.05) is 53.7 Å². The highest BCUT2D eigenvalue weighted by molar-refractivity contribution is 7.98. The van der Waals surface area contributed by atoms with Crippen LogP contribution in [-0.2, 0) is 12.3 Å². The van der Waals surface area contributed by atoms with E-state index in [2.05, 4.69) is 15.5 Å². The summed E-state index contributed by atoms with van der Waals surface area (Å²) < 4.78 is 20.5. The average Bonchev–Trinajstić information content (AvgIpc) is 3.57. The molecule has 0 fully saturated rings. The van der Waals surface area contributed by atoms with E-state index in [1.165, 1.54) is 23.9 Å². The van der Waals surface area contributed by atoms with E-state index in [0.29, 0.717) is 39.6 Å². The maximum Gasteiger partial charge on any atom is 0.251 e. The number of hydrogen-bond donors (Lipinski definition) is 1. The summed E-state index contributed by atoms with van der Waals surface area (Å²) in [5, 5.41) is 12.9. The third-order valence-corrected chi connectivity index (χ3v) is 6.63. The third kappa shape index (κ3) is 5.50. The lowest BCUT2D eigenvalue weighted by Gasteiger charge is -2.10. The maximum atomic E-state index is 13.0. The molecule has 0 saturated carbocycles. The standard InChI is InChI=1S/C27H20ClFN4O2S/c28-21-3-1-4-23(15-21)33-25(24-5-2-14-35-24)31-32-27(33)36-17-19-6-10-20(11-7-19)26(34)30-16-18-8-12-22(29)13-9-18/h1-15H,16-17H2,(H,30,34). The first-order valence-electron chi connectivity index (χ1n) is 11.1. The predicted octanol–water partition coefficient (Wildman–Crippen LogP) is 6.54. The van der Waals surface area contributed by atoms with Gasteiger partial charge in [0.25, 0.3) is 5.91 Å². The normalized spacial score (nSPS) is 10.9. The molecule has 5 aromatic rings. The highest BCUT2D eigenvalue weighted by Crippen LogP contribution is 2.31. The van der Waals surface area contributed by atoms with Crippen molar-refractivity contribution in [1.82, 2.24) is 20.1 Å². The van der Waals surface area contributed by atoms with E-state index in [1.54, 1.807) is 36.6 Å². The van der Waals surface area contributed by atoms with E-state index in [4.69, 9.17) is 16.0 Å². The first-order valence-corrected chi connectivity index (χ1v) is 12.4. The van der Waals surface area contributed by atoms with E-state index in [0.717, 1.165) is 16.8 Å². The van der Waals surface area contributed by atoms with Crippen molar-refractivity contribution in [3.63, 3.8) is 0 Å². The van der Waals surface area contributed by atoms with Crippen LogP contribution in [0.3, 0.4) is 0 Å². The van der Waals surface area contributed by atoms with Gasteiger partial charge in [0.1, 0.15) is 5.82 Å². The fourth-order valence-electron chi connectivity index (χ4n) is 3.56. The minimum Gasteiger partial charge on any atom is -0.461 e. The number of amides is 1. The summed E-state index contributed by atoms with van der Waals surface area (Å²) in [5.41, 5.74) is 3.23. The molecule has 0 aliphatic heterocycles. The van der Waals surface area contributed by atoms with Crippen LogP contribution >= 0.6 is 23.4 Å². The van der Waals surface area contributed by atoms with Crippen molar-refractivity contribution in [3.05, 3.63) is 119 Å². The molecule has 6 nitrogen and oxygen atoms in total. The molecule has 3 aromatic carbocycles. The lowest BCUT2D eigenvalue weighted by Crippen LogP contribution is -2.22. The van der Waals surface area contributed by atoms with Crippen LogP contribution in [0.25, 0.3) is 17.3 Å². The Morgan fingerprint density at radius 1 is 0.972 bits per heavy atom. The van der Waals surface area contributed by atoms with Crippen LogP contribution in [0.15, 0.2) is 101 Å². The zero-order chi connectivity index (χ0) is 24.9. The van der Waals surface area contributed by atoms with Crippen molar-refractivity contribution in [3.8, 4) is 17.3 Å². The van der Waals surface area contributed by atoms with Gasteiger partial charge in [-0.25, -0.2) is 4.39 Å². The van der Waals surface area contributed by atoms with Gasteiger partial charge >= 0.3 is 0 Å². The zero-order valence-corrected chi connectivity index (χ0v) is 20.5. The molecule has 0 radical (unpaired) electrons. The van der Waals surface area contributed by atoms with Crippen LogP contribution in [0.5, 0.6) is 0 Å². The van der Waals surface area contributed by atoms with E-state index in [-0.39, 0.29) is 11.7 Å². The molecular formula is C27H20ClFN4O2S. The fraction of sp³-hybridized carbons (Fsp3) is 0.0741. The Hall–Kier alpha value is -3.88. The molecule has 0 saturated heterocycles. The van der Waals surface area contributed by atoms with Crippen LogP contribution < -0.4 is 5.32 Å². The van der Waals surface area contributed by atoms with E-state index < -0.39 is 0 Å². The first-order chi connectivity index (χ1) is 17.6. The average molecular weight is 519 g/mol. The van der Waals surface area contributed by atoms with Gasteiger partial charge in [-0.05, 0) is 65.7 Å². The number of nitrogens with one attached hydrogen (secondary N) is 1. The number of furan rings is 1. The van der Waals surface area contributed by atoms with Gasteiger partial charge in [-0.15, -0.1) is 10.2 Å². The Labute approximate surface area is 216 Å². The summed E-state index contributed by atoms with van der Waals surface area (Å²) in [5.74, 6) is 1.31. The van der Waals surface area contributed by atoms with Crippen molar-refractivity contribution in [1.29, 1.82) is 0 Å². The molecule has 0 aliphatic rings. The number of benzene rings is 3. The molecule has 1 amide bonds. The van der Waals surface area contributed by atoms with E-state index in [1.807, 2.05) is 47.0 Å². The molecule has 36 heavy (non-hydrogen) atoms. The third-order valence-electron chi connectivity index (χ3n) is 5.39. The second-order valence-corrected chi connectivity index (χ2v) is 9.27. The van der Waals surface area contributed by atoms with Crippen LogP contribution in [0.4, 0.5) is 4.39 Å². The Kier molecular flexibility index (Phi) is 7.16. The zero-order valence-electron chi connectivity index (χ0n) is 18.9. The molecular weight excluding hydrogens is 499 g/mol. The predicted molar refractivity (Wildman–Crippen MR) is 138 cm³/mol. The lowest BCUT2D eigenvalue weighted by molar-refractivity contribution is 0.0951. The number of aromatic nitrogens is 3. The number of rotatable bonds is 8. The largest absolute Gasteiger partial charge is 0.461 e. The highest BCUT2D eigenvalue weighted by Gasteiger charge is 2.18. The van der Waals surface area contributed by atoms with Crippen LogP contribution in [-0.4, -0.2) is 20.7 Å². The van der Waals surface area contributed by atoms with Crippen molar-refractivity contribution in [2.45, 2.75) is 17.5 Å². The van der Waals surface area contributed by atoms with Crippen molar-refractivity contribution < 1.29 is 13.6 Å². The van der Waals surface area contributed by atoms with Crippen LogP contribution in [0.2, 0.25) is 5.02 Å². The lowest BCUT2D eigenvalue weighted by atomic mass is 10.1. The van der Waals surface area contributed by atoms with Crippen molar-refractivity contribution in [2.75, 3.05) is 0 Å². The van der Waals surface area contributed by atoms with Gasteiger partial charge in [0, 0.05) is 22.9 Å². The smallest absolute Gasteiger partial charge is 0.251 e. The molecule has 0 unspecified atom stereocenters. The SMILES string of the molecule is O=C(NCc1ccc(F)cc1)c1ccc(CSc2nnc(-c3ccco3)n2-c2cccc(Cl)c2)cc1. The van der Waals surface area contributed by atoms with Gasteiger partial charge in [-0.3, -0.25) is 9.36 Å². The number of nitrogens with zero attached hydrogens (tertiary/aromatic N) is 3. The Balaban J connectivity index is 1.28. The molecule has 0 bridgehead atoms. The first kappa shape index (κ1) is 23.8. The quantitative estimate of drug-likeness (QED) is 0.236. The molecule has 0 spiro atoms. The second-order valence-electron chi connectivity index (χ2n) is 7.89. The topological polar surface area (TPSA) is 73.0 Å². The minimum absolute atomic E-state index is 0.192.